The molecule has 1 saturated heterocycles. The van der Waals surface area contributed by atoms with Crippen LogP contribution in [0.25, 0.3) is 0 Å². The maximum absolute atomic E-state index is 3.60. The summed E-state index contributed by atoms with van der Waals surface area (Å²) in [5.41, 5.74) is 2.96. The summed E-state index contributed by atoms with van der Waals surface area (Å²) in [6, 6.07) is 6.89. The lowest BCUT2D eigenvalue weighted by molar-refractivity contribution is 0.460. The van der Waals surface area contributed by atoms with Gasteiger partial charge >= 0.3 is 0 Å². The van der Waals surface area contributed by atoms with Crippen LogP contribution in [0.1, 0.15) is 36.8 Å². The van der Waals surface area contributed by atoms with Crippen LogP contribution in [0.15, 0.2) is 22.7 Å². The zero-order valence-electron chi connectivity index (χ0n) is 9.22. The summed E-state index contributed by atoms with van der Waals surface area (Å²) in [5, 5.41) is 3.42. The molecule has 1 N–H and O–H groups in total. The van der Waals surface area contributed by atoms with Gasteiger partial charge in [0, 0.05) is 4.47 Å². The zero-order valence-corrected chi connectivity index (χ0v) is 10.8. The Morgan fingerprint density at radius 2 is 2.00 bits per heavy atom. The summed E-state index contributed by atoms with van der Waals surface area (Å²) >= 11 is 3.60. The Kier molecular flexibility index (Phi) is 3.81. The van der Waals surface area contributed by atoms with E-state index in [-0.39, 0.29) is 0 Å². The van der Waals surface area contributed by atoms with Crippen molar-refractivity contribution < 1.29 is 0 Å². The maximum Gasteiger partial charge on any atom is 0.0180 e. The SMILES string of the molecule is CCc1cc(Br)cc(C2CCNCC2)c1. The fourth-order valence-electron chi connectivity index (χ4n) is 2.27. The third-order valence-corrected chi connectivity index (χ3v) is 3.66. The van der Waals surface area contributed by atoms with Crippen LogP contribution < -0.4 is 5.32 Å². The molecule has 0 bridgehead atoms. The van der Waals surface area contributed by atoms with Gasteiger partial charge in [0.2, 0.25) is 0 Å². The number of benzene rings is 1. The lowest BCUT2D eigenvalue weighted by Crippen LogP contribution is -2.26. The molecule has 0 saturated carbocycles. The van der Waals surface area contributed by atoms with Crippen molar-refractivity contribution in [3.8, 4) is 0 Å². The summed E-state index contributed by atoms with van der Waals surface area (Å²) in [6.45, 7) is 4.55. The first-order chi connectivity index (χ1) is 7.29. The monoisotopic (exact) mass is 267 g/mol. The van der Waals surface area contributed by atoms with Gasteiger partial charge in [-0.15, -0.1) is 0 Å². The number of piperidine rings is 1. The number of aryl methyl sites for hydroxylation is 1. The molecule has 0 unspecified atom stereocenters. The number of rotatable bonds is 2. The zero-order chi connectivity index (χ0) is 10.7. The van der Waals surface area contributed by atoms with Crippen LogP contribution in [0.3, 0.4) is 0 Å². The third kappa shape index (κ3) is 2.82. The minimum atomic E-state index is 0.758. The van der Waals surface area contributed by atoms with Gasteiger partial charge in [-0.2, -0.15) is 0 Å². The van der Waals surface area contributed by atoms with E-state index in [0.717, 1.165) is 12.3 Å². The topological polar surface area (TPSA) is 12.0 Å². The maximum atomic E-state index is 3.60. The number of hydrogen-bond acceptors (Lipinski definition) is 1. The van der Waals surface area contributed by atoms with Crippen molar-refractivity contribution in [2.75, 3.05) is 13.1 Å². The molecule has 1 fully saturated rings. The van der Waals surface area contributed by atoms with E-state index in [2.05, 4.69) is 46.4 Å². The number of nitrogens with one attached hydrogen (secondary N) is 1. The van der Waals surface area contributed by atoms with Crippen LogP contribution in [0.5, 0.6) is 0 Å². The van der Waals surface area contributed by atoms with Crippen molar-refractivity contribution in [2.24, 2.45) is 0 Å². The highest BCUT2D eigenvalue weighted by Gasteiger charge is 2.15. The second-order valence-electron chi connectivity index (χ2n) is 4.27. The van der Waals surface area contributed by atoms with Gasteiger partial charge < -0.3 is 5.32 Å². The highest BCUT2D eigenvalue weighted by molar-refractivity contribution is 9.10. The second-order valence-corrected chi connectivity index (χ2v) is 5.19. The molecule has 0 atom stereocenters. The quantitative estimate of drug-likeness (QED) is 0.865. The summed E-state index contributed by atoms with van der Waals surface area (Å²) in [5.74, 6) is 0.758. The third-order valence-electron chi connectivity index (χ3n) is 3.20. The largest absolute Gasteiger partial charge is 0.317 e. The molecule has 1 aromatic rings. The second kappa shape index (κ2) is 5.13. The van der Waals surface area contributed by atoms with Gasteiger partial charge in [0.1, 0.15) is 0 Å². The minimum Gasteiger partial charge on any atom is -0.317 e. The molecule has 0 amide bonds. The normalized spacial score (nSPS) is 18.0. The predicted octanol–water partition coefficient (Wildman–Crippen LogP) is 3.48. The summed E-state index contributed by atoms with van der Waals surface area (Å²) in [6.07, 6.45) is 3.68. The van der Waals surface area contributed by atoms with Crippen molar-refractivity contribution in [1.29, 1.82) is 0 Å². The molecule has 1 aromatic carbocycles. The van der Waals surface area contributed by atoms with Crippen molar-refractivity contribution in [3.63, 3.8) is 0 Å². The van der Waals surface area contributed by atoms with E-state index in [4.69, 9.17) is 0 Å². The summed E-state index contributed by atoms with van der Waals surface area (Å²) in [4.78, 5) is 0. The Morgan fingerprint density at radius 3 is 2.67 bits per heavy atom. The molecule has 1 aliphatic rings. The smallest absolute Gasteiger partial charge is 0.0180 e. The molecule has 0 aliphatic carbocycles. The van der Waals surface area contributed by atoms with E-state index in [9.17, 15) is 0 Å². The average molecular weight is 268 g/mol. The van der Waals surface area contributed by atoms with E-state index < -0.39 is 0 Å². The first-order valence-corrected chi connectivity index (χ1v) is 6.59. The molecule has 1 heterocycles. The first kappa shape index (κ1) is 11.2. The van der Waals surface area contributed by atoms with Gasteiger partial charge in [-0.3, -0.25) is 0 Å². The van der Waals surface area contributed by atoms with Crippen LogP contribution in [0, 0.1) is 0 Å². The average Bonchev–Trinajstić information content (AvgIpc) is 2.29. The van der Waals surface area contributed by atoms with Gasteiger partial charge in [0.25, 0.3) is 0 Å². The number of halogens is 1. The van der Waals surface area contributed by atoms with Crippen LogP contribution in [-0.4, -0.2) is 13.1 Å². The van der Waals surface area contributed by atoms with Gasteiger partial charge in [0.05, 0.1) is 0 Å². The fourth-order valence-corrected chi connectivity index (χ4v) is 2.83. The molecule has 1 nitrogen and oxygen atoms in total. The fraction of sp³-hybridized carbons (Fsp3) is 0.538. The molecule has 0 spiro atoms. The van der Waals surface area contributed by atoms with Gasteiger partial charge in [-0.1, -0.05) is 28.9 Å². The van der Waals surface area contributed by atoms with E-state index in [0.29, 0.717) is 0 Å². The molecule has 1 aliphatic heterocycles. The highest BCUT2D eigenvalue weighted by Crippen LogP contribution is 2.28. The van der Waals surface area contributed by atoms with Crippen molar-refractivity contribution in [2.45, 2.75) is 32.1 Å². The van der Waals surface area contributed by atoms with Crippen LogP contribution >= 0.6 is 15.9 Å². The van der Waals surface area contributed by atoms with Gasteiger partial charge in [-0.05, 0) is 61.5 Å². The van der Waals surface area contributed by atoms with E-state index in [1.165, 1.54) is 41.5 Å². The lowest BCUT2D eigenvalue weighted by Gasteiger charge is -2.23. The molecule has 82 valence electrons. The Bertz CT molecular complexity index is 329. The Balaban J connectivity index is 2.22. The minimum absolute atomic E-state index is 0.758. The summed E-state index contributed by atoms with van der Waals surface area (Å²) < 4.78 is 1.23. The van der Waals surface area contributed by atoms with Gasteiger partial charge in [-0.25, -0.2) is 0 Å². The van der Waals surface area contributed by atoms with E-state index in [1.807, 2.05) is 0 Å². The molecular weight excluding hydrogens is 250 g/mol. The van der Waals surface area contributed by atoms with Crippen molar-refractivity contribution in [3.05, 3.63) is 33.8 Å². The van der Waals surface area contributed by atoms with Gasteiger partial charge in [0.15, 0.2) is 0 Å². The Morgan fingerprint density at radius 1 is 1.27 bits per heavy atom. The van der Waals surface area contributed by atoms with E-state index >= 15 is 0 Å². The molecule has 0 aromatic heterocycles. The van der Waals surface area contributed by atoms with Crippen LogP contribution in [0.4, 0.5) is 0 Å². The highest BCUT2D eigenvalue weighted by atomic mass is 79.9. The molecule has 15 heavy (non-hydrogen) atoms. The predicted molar refractivity (Wildman–Crippen MR) is 68.4 cm³/mol. The van der Waals surface area contributed by atoms with Crippen molar-refractivity contribution >= 4 is 15.9 Å². The standard InChI is InChI=1S/C13H18BrN/c1-2-10-7-12(9-13(14)8-10)11-3-5-15-6-4-11/h7-9,11,15H,2-6H2,1H3. The Labute approximate surface area is 100 Å². The molecular formula is C13H18BrN. The van der Waals surface area contributed by atoms with Crippen LogP contribution in [0.2, 0.25) is 0 Å². The molecule has 2 rings (SSSR count). The summed E-state index contributed by atoms with van der Waals surface area (Å²) in [7, 11) is 0. The van der Waals surface area contributed by atoms with E-state index in [1.54, 1.807) is 0 Å². The Hall–Kier alpha value is -0.340. The van der Waals surface area contributed by atoms with Crippen LogP contribution in [-0.2, 0) is 6.42 Å². The first-order valence-electron chi connectivity index (χ1n) is 5.79. The molecule has 2 heteroatoms. The number of hydrogen-bond donors (Lipinski definition) is 1. The van der Waals surface area contributed by atoms with Crippen molar-refractivity contribution in [1.82, 2.24) is 5.32 Å². The lowest BCUT2D eigenvalue weighted by atomic mass is 9.89. The molecule has 0 radical (unpaired) electrons.